The summed E-state index contributed by atoms with van der Waals surface area (Å²) in [5.41, 5.74) is 8.40. The molecule has 0 heterocycles. The molecule has 0 spiro atoms. The van der Waals surface area contributed by atoms with E-state index in [4.69, 9.17) is 15.9 Å². The lowest BCUT2D eigenvalue weighted by atomic mass is 10.0. The van der Waals surface area contributed by atoms with Gasteiger partial charge in [0.05, 0.1) is 18.0 Å². The van der Waals surface area contributed by atoms with E-state index >= 15 is 0 Å². The van der Waals surface area contributed by atoms with E-state index in [2.05, 4.69) is 41.4 Å². The lowest BCUT2D eigenvalue weighted by Crippen LogP contribution is -2.04. The summed E-state index contributed by atoms with van der Waals surface area (Å²) in [6, 6.07) is 16.2. The third-order valence-corrected chi connectivity index (χ3v) is 6.49. The minimum absolute atomic E-state index is 0.194. The first-order chi connectivity index (χ1) is 16.7. The number of nitrogens with two attached hydrogens (primary N) is 1. The van der Waals surface area contributed by atoms with E-state index < -0.39 is 0 Å². The van der Waals surface area contributed by atoms with Gasteiger partial charge in [0, 0.05) is 5.75 Å². The lowest BCUT2D eigenvalue weighted by molar-refractivity contribution is 0.306. The molecule has 0 aliphatic carbocycles. The maximum atomic E-state index is 7.18. The topological polar surface area (TPSA) is 83.8 Å². The SMILES string of the molecule is CCCCCCCCCCc1ccc(N=Nc2ccc(OCCCCCSC(=N)N)cc2)cc1. The van der Waals surface area contributed by atoms with Crippen molar-refractivity contribution in [3.05, 3.63) is 54.1 Å². The molecule has 2 aromatic rings. The first kappa shape index (κ1) is 27.9. The van der Waals surface area contributed by atoms with Crippen LogP contribution in [-0.4, -0.2) is 17.5 Å². The van der Waals surface area contributed by atoms with E-state index in [1.165, 1.54) is 68.7 Å². The van der Waals surface area contributed by atoms with Gasteiger partial charge in [-0.25, -0.2) is 0 Å². The predicted molar refractivity (Wildman–Crippen MR) is 147 cm³/mol. The number of hydrogen-bond donors (Lipinski definition) is 2. The molecular weight excluding hydrogens is 440 g/mol. The fourth-order valence-corrected chi connectivity index (χ4v) is 4.24. The van der Waals surface area contributed by atoms with Crippen molar-refractivity contribution in [3.63, 3.8) is 0 Å². The van der Waals surface area contributed by atoms with E-state index in [9.17, 15) is 0 Å². The molecular formula is C28H42N4OS. The number of ether oxygens (including phenoxy) is 1. The molecule has 0 aliphatic rings. The van der Waals surface area contributed by atoms with Crippen molar-refractivity contribution >= 4 is 28.3 Å². The summed E-state index contributed by atoms with van der Waals surface area (Å²) >= 11 is 1.40. The Morgan fingerprint density at radius 1 is 0.765 bits per heavy atom. The molecule has 3 N–H and O–H groups in total. The lowest BCUT2D eigenvalue weighted by Gasteiger charge is -2.06. The standard InChI is InChI=1S/C28H42N4OS/c1-2-3-4-5-6-7-8-10-13-24-14-16-25(17-15-24)31-32-26-18-20-27(21-19-26)33-22-11-9-12-23-34-28(29)30/h14-21H,2-13,22-23H2,1H3,(H3,29,30). The molecule has 186 valence electrons. The van der Waals surface area contributed by atoms with Crippen LogP contribution in [0.1, 0.15) is 83.1 Å². The van der Waals surface area contributed by atoms with E-state index in [-0.39, 0.29) is 5.17 Å². The van der Waals surface area contributed by atoms with Crippen molar-refractivity contribution < 1.29 is 4.74 Å². The van der Waals surface area contributed by atoms with E-state index in [0.717, 1.165) is 48.6 Å². The van der Waals surface area contributed by atoms with Crippen LogP contribution in [0.4, 0.5) is 11.4 Å². The molecule has 34 heavy (non-hydrogen) atoms. The van der Waals surface area contributed by atoms with Gasteiger partial charge in [-0.3, -0.25) is 5.41 Å². The second kappa shape index (κ2) is 18.0. The second-order valence-electron chi connectivity index (χ2n) is 8.71. The van der Waals surface area contributed by atoms with Crippen LogP contribution >= 0.6 is 11.8 Å². The van der Waals surface area contributed by atoms with Gasteiger partial charge in [0.25, 0.3) is 0 Å². The summed E-state index contributed by atoms with van der Waals surface area (Å²) in [6.07, 6.45) is 15.1. The minimum atomic E-state index is 0.194. The molecule has 0 saturated heterocycles. The third-order valence-electron chi connectivity index (χ3n) is 5.69. The Balaban J connectivity index is 1.61. The quantitative estimate of drug-likeness (QED) is 0.0962. The van der Waals surface area contributed by atoms with Gasteiger partial charge in [-0.05, 0) is 74.1 Å². The summed E-state index contributed by atoms with van der Waals surface area (Å²) in [4.78, 5) is 0. The van der Waals surface area contributed by atoms with Gasteiger partial charge in [0.2, 0.25) is 0 Å². The average molecular weight is 483 g/mol. The molecule has 6 heteroatoms. The molecule has 0 aliphatic heterocycles. The van der Waals surface area contributed by atoms with Crippen molar-refractivity contribution in [3.8, 4) is 5.75 Å². The maximum absolute atomic E-state index is 7.18. The van der Waals surface area contributed by atoms with Crippen molar-refractivity contribution in [2.24, 2.45) is 16.0 Å². The molecule has 2 rings (SSSR count). The third kappa shape index (κ3) is 13.4. The van der Waals surface area contributed by atoms with Gasteiger partial charge in [0.1, 0.15) is 5.75 Å². The number of thioether (sulfide) groups is 1. The Kier molecular flexibility index (Phi) is 14.8. The van der Waals surface area contributed by atoms with Crippen molar-refractivity contribution in [1.82, 2.24) is 0 Å². The smallest absolute Gasteiger partial charge is 0.151 e. The van der Waals surface area contributed by atoms with Crippen LogP contribution in [0.2, 0.25) is 0 Å². The fraction of sp³-hybridized carbons (Fsp3) is 0.536. The second-order valence-corrected chi connectivity index (χ2v) is 9.84. The summed E-state index contributed by atoms with van der Waals surface area (Å²) in [6.45, 7) is 2.96. The van der Waals surface area contributed by atoms with E-state index in [1.54, 1.807) is 0 Å². The van der Waals surface area contributed by atoms with Crippen molar-refractivity contribution in [2.45, 2.75) is 84.0 Å². The molecule has 0 amide bonds. The number of rotatable bonds is 18. The molecule has 0 bridgehead atoms. The first-order valence-electron chi connectivity index (χ1n) is 12.9. The summed E-state index contributed by atoms with van der Waals surface area (Å²) < 4.78 is 5.79. The Hall–Kier alpha value is -2.34. The average Bonchev–Trinajstić information content (AvgIpc) is 2.85. The number of amidine groups is 1. The maximum Gasteiger partial charge on any atom is 0.151 e. The predicted octanol–water partition coefficient (Wildman–Crippen LogP) is 8.96. The largest absolute Gasteiger partial charge is 0.494 e. The Labute approximate surface area is 210 Å². The van der Waals surface area contributed by atoms with E-state index in [0.29, 0.717) is 6.61 Å². The monoisotopic (exact) mass is 482 g/mol. The Bertz CT molecular complexity index is 821. The molecule has 0 fully saturated rings. The van der Waals surface area contributed by atoms with Gasteiger partial charge in [-0.15, -0.1) is 0 Å². The number of aryl methyl sites for hydroxylation is 1. The number of benzene rings is 2. The van der Waals surface area contributed by atoms with Crippen LogP contribution in [0.5, 0.6) is 5.75 Å². The van der Waals surface area contributed by atoms with Gasteiger partial charge >= 0.3 is 0 Å². The number of nitrogens with zero attached hydrogens (tertiary/aromatic N) is 2. The number of nitrogens with one attached hydrogen (secondary N) is 1. The highest BCUT2D eigenvalue weighted by atomic mass is 32.2. The highest BCUT2D eigenvalue weighted by Gasteiger charge is 1.98. The number of unbranched alkanes of at least 4 members (excludes halogenated alkanes) is 9. The van der Waals surface area contributed by atoms with Crippen LogP contribution in [0.3, 0.4) is 0 Å². The zero-order valence-electron chi connectivity index (χ0n) is 20.8. The fourth-order valence-electron chi connectivity index (χ4n) is 3.67. The summed E-state index contributed by atoms with van der Waals surface area (Å²) in [7, 11) is 0. The van der Waals surface area contributed by atoms with Crippen LogP contribution in [0.25, 0.3) is 0 Å². The normalized spacial score (nSPS) is 11.2. The summed E-state index contributed by atoms with van der Waals surface area (Å²) in [5.74, 6) is 1.75. The molecule has 0 unspecified atom stereocenters. The molecule has 0 atom stereocenters. The van der Waals surface area contributed by atoms with Gasteiger partial charge < -0.3 is 10.5 Å². The van der Waals surface area contributed by atoms with E-state index in [1.807, 2.05) is 24.3 Å². The first-order valence-corrected chi connectivity index (χ1v) is 13.9. The van der Waals surface area contributed by atoms with Crippen molar-refractivity contribution in [2.75, 3.05) is 12.4 Å². The van der Waals surface area contributed by atoms with Crippen molar-refractivity contribution in [1.29, 1.82) is 5.41 Å². The summed E-state index contributed by atoms with van der Waals surface area (Å²) in [5, 5.41) is 16.1. The zero-order chi connectivity index (χ0) is 24.3. The zero-order valence-corrected chi connectivity index (χ0v) is 21.6. The molecule has 0 saturated carbocycles. The molecule has 0 aromatic heterocycles. The highest BCUT2D eigenvalue weighted by Crippen LogP contribution is 2.22. The van der Waals surface area contributed by atoms with Crippen LogP contribution in [0.15, 0.2) is 58.8 Å². The molecule has 5 nitrogen and oxygen atoms in total. The van der Waals surface area contributed by atoms with Crippen LogP contribution < -0.4 is 10.5 Å². The molecule has 2 aromatic carbocycles. The number of hydrogen-bond acceptors (Lipinski definition) is 5. The highest BCUT2D eigenvalue weighted by molar-refractivity contribution is 8.13. The van der Waals surface area contributed by atoms with Crippen LogP contribution in [0, 0.1) is 5.41 Å². The van der Waals surface area contributed by atoms with Gasteiger partial charge in [0.15, 0.2) is 5.17 Å². The van der Waals surface area contributed by atoms with Gasteiger partial charge in [-0.2, -0.15) is 10.2 Å². The van der Waals surface area contributed by atoms with Crippen LogP contribution in [-0.2, 0) is 6.42 Å². The van der Waals surface area contributed by atoms with Gasteiger partial charge in [-0.1, -0.05) is 75.8 Å². The Morgan fingerprint density at radius 3 is 1.94 bits per heavy atom. The minimum Gasteiger partial charge on any atom is -0.494 e. The molecule has 0 radical (unpaired) electrons. The Morgan fingerprint density at radius 2 is 1.32 bits per heavy atom. The number of azo groups is 1.